The van der Waals surface area contributed by atoms with Crippen molar-refractivity contribution in [1.29, 1.82) is 0 Å². The lowest BCUT2D eigenvalue weighted by atomic mass is 10.0. The first-order valence-electron chi connectivity index (χ1n) is 10.1. The molecule has 3 rings (SSSR count). The molecule has 0 unspecified atom stereocenters. The first-order chi connectivity index (χ1) is 14.7. The number of carbonyl (C=O) groups is 2. The number of ether oxygens (including phenoxy) is 1. The van der Waals surface area contributed by atoms with Crippen LogP contribution in [-0.4, -0.2) is 18.0 Å². The number of aryl methyl sites for hydroxylation is 2. The van der Waals surface area contributed by atoms with E-state index in [9.17, 15) is 14.4 Å². The number of para-hydroxylation sites is 1. The first kappa shape index (κ1) is 22.1. The van der Waals surface area contributed by atoms with Crippen molar-refractivity contribution in [2.75, 3.05) is 5.32 Å². The average molecular weight is 422 g/mol. The highest BCUT2D eigenvalue weighted by Crippen LogP contribution is 2.22. The number of nitrogens with one attached hydrogen (secondary N) is 2. The van der Waals surface area contributed by atoms with Gasteiger partial charge in [0.15, 0.2) is 0 Å². The Morgan fingerprint density at radius 3 is 2.39 bits per heavy atom. The lowest BCUT2D eigenvalue weighted by molar-refractivity contribution is -0.148. The lowest BCUT2D eigenvalue weighted by Gasteiger charge is -2.21. The zero-order valence-corrected chi connectivity index (χ0v) is 18.0. The Morgan fingerprint density at radius 1 is 1.03 bits per heavy atom. The van der Waals surface area contributed by atoms with E-state index in [1.165, 1.54) is 6.07 Å². The minimum absolute atomic E-state index is 0.103. The summed E-state index contributed by atoms with van der Waals surface area (Å²) < 4.78 is 10.8. The van der Waals surface area contributed by atoms with Gasteiger partial charge in [0.25, 0.3) is 0 Å². The van der Waals surface area contributed by atoms with E-state index in [0.717, 1.165) is 11.1 Å². The van der Waals surface area contributed by atoms with Crippen molar-refractivity contribution in [2.45, 2.75) is 40.3 Å². The number of carbonyl (C=O) groups excluding carboxylic acids is 2. The van der Waals surface area contributed by atoms with E-state index in [0.29, 0.717) is 22.2 Å². The molecule has 1 aromatic heterocycles. The minimum atomic E-state index is -0.848. The average Bonchev–Trinajstić information content (AvgIpc) is 2.72. The van der Waals surface area contributed by atoms with Crippen molar-refractivity contribution >= 4 is 28.7 Å². The van der Waals surface area contributed by atoms with Crippen LogP contribution in [0.5, 0.6) is 0 Å². The second kappa shape index (κ2) is 9.47. The van der Waals surface area contributed by atoms with Gasteiger partial charge in [0, 0.05) is 22.7 Å². The smallest absolute Gasteiger partial charge is 0.336 e. The summed E-state index contributed by atoms with van der Waals surface area (Å²) in [5, 5.41) is 6.06. The van der Waals surface area contributed by atoms with Crippen LogP contribution in [0.25, 0.3) is 11.0 Å². The summed E-state index contributed by atoms with van der Waals surface area (Å²) in [6, 6.07) is 12.6. The maximum Gasteiger partial charge on any atom is 0.336 e. The van der Waals surface area contributed by atoms with E-state index >= 15 is 0 Å². The third-order valence-electron chi connectivity index (χ3n) is 5.05. The summed E-state index contributed by atoms with van der Waals surface area (Å²) in [5.41, 5.74) is 3.14. The number of rotatable bonds is 6. The molecule has 1 heterocycles. The number of anilines is 1. The summed E-state index contributed by atoms with van der Waals surface area (Å²) in [6.07, 6.45) is 0. The Bertz CT molecular complexity index is 1150. The Kier molecular flexibility index (Phi) is 6.74. The van der Waals surface area contributed by atoms with E-state index in [4.69, 9.17) is 9.15 Å². The van der Waals surface area contributed by atoms with Crippen LogP contribution in [0, 0.1) is 19.8 Å². The molecule has 0 saturated heterocycles. The zero-order chi connectivity index (χ0) is 22.5. The third kappa shape index (κ3) is 5.51. The van der Waals surface area contributed by atoms with E-state index in [-0.39, 0.29) is 12.5 Å². The molecule has 0 aliphatic heterocycles. The number of fused-ring (bicyclic) bond motifs is 1. The quantitative estimate of drug-likeness (QED) is 0.456. The van der Waals surface area contributed by atoms with Gasteiger partial charge in [-0.3, -0.25) is 0 Å². The molecule has 0 fully saturated rings. The lowest BCUT2D eigenvalue weighted by Crippen LogP contribution is -2.47. The zero-order valence-electron chi connectivity index (χ0n) is 18.0. The Morgan fingerprint density at radius 2 is 1.71 bits per heavy atom. The Labute approximate surface area is 180 Å². The van der Waals surface area contributed by atoms with Crippen molar-refractivity contribution in [3.8, 4) is 0 Å². The molecule has 0 saturated carbocycles. The van der Waals surface area contributed by atoms with E-state index < -0.39 is 23.7 Å². The molecule has 2 aromatic carbocycles. The molecule has 0 aliphatic carbocycles. The Balaban J connectivity index is 1.72. The van der Waals surface area contributed by atoms with Crippen molar-refractivity contribution in [2.24, 2.45) is 5.92 Å². The van der Waals surface area contributed by atoms with Crippen molar-refractivity contribution < 1.29 is 18.7 Å². The molecule has 162 valence electrons. The third-order valence-corrected chi connectivity index (χ3v) is 5.05. The predicted molar refractivity (Wildman–Crippen MR) is 119 cm³/mol. The van der Waals surface area contributed by atoms with Gasteiger partial charge in [0.05, 0.1) is 0 Å². The van der Waals surface area contributed by atoms with Crippen LogP contribution in [0.4, 0.5) is 10.5 Å². The van der Waals surface area contributed by atoms with Gasteiger partial charge in [0.1, 0.15) is 18.2 Å². The molecule has 7 nitrogen and oxygen atoms in total. The highest BCUT2D eigenvalue weighted by atomic mass is 16.5. The van der Waals surface area contributed by atoms with E-state index in [1.807, 2.05) is 39.8 Å². The van der Waals surface area contributed by atoms with Gasteiger partial charge in [-0.05, 0) is 55.2 Å². The van der Waals surface area contributed by atoms with Crippen LogP contribution in [0.15, 0.2) is 57.7 Å². The summed E-state index contributed by atoms with van der Waals surface area (Å²) in [7, 11) is 0. The number of benzene rings is 2. The summed E-state index contributed by atoms with van der Waals surface area (Å²) in [5.74, 6) is -0.778. The molecular formula is C24H26N2O5. The molecule has 31 heavy (non-hydrogen) atoms. The van der Waals surface area contributed by atoms with Crippen LogP contribution in [-0.2, 0) is 16.1 Å². The fourth-order valence-corrected chi connectivity index (χ4v) is 3.17. The highest BCUT2D eigenvalue weighted by molar-refractivity contribution is 5.92. The van der Waals surface area contributed by atoms with Gasteiger partial charge in [0.2, 0.25) is 0 Å². The molecule has 2 N–H and O–H groups in total. The topological polar surface area (TPSA) is 97.6 Å². The molecule has 7 heteroatoms. The fourth-order valence-electron chi connectivity index (χ4n) is 3.17. The van der Waals surface area contributed by atoms with Crippen molar-refractivity contribution in [1.82, 2.24) is 5.32 Å². The van der Waals surface area contributed by atoms with Crippen molar-refractivity contribution in [3.63, 3.8) is 0 Å². The molecule has 0 radical (unpaired) electrons. The maximum atomic E-state index is 12.7. The summed E-state index contributed by atoms with van der Waals surface area (Å²) in [6.45, 7) is 7.41. The summed E-state index contributed by atoms with van der Waals surface area (Å²) in [4.78, 5) is 37.0. The van der Waals surface area contributed by atoms with Crippen LogP contribution in [0.1, 0.15) is 30.5 Å². The van der Waals surface area contributed by atoms with Crippen molar-refractivity contribution in [3.05, 3.63) is 75.6 Å². The largest absolute Gasteiger partial charge is 0.459 e. The second-order valence-electron chi connectivity index (χ2n) is 7.82. The van der Waals surface area contributed by atoms with E-state index in [1.54, 1.807) is 30.3 Å². The number of hydrogen-bond acceptors (Lipinski definition) is 5. The van der Waals surface area contributed by atoms with Gasteiger partial charge >= 0.3 is 17.6 Å². The number of urea groups is 1. The first-order valence-corrected chi connectivity index (χ1v) is 10.1. The van der Waals surface area contributed by atoms with Gasteiger partial charge in [-0.25, -0.2) is 14.4 Å². The molecule has 1 atom stereocenters. The minimum Gasteiger partial charge on any atom is -0.459 e. The van der Waals surface area contributed by atoms with E-state index in [2.05, 4.69) is 10.6 Å². The summed E-state index contributed by atoms with van der Waals surface area (Å²) >= 11 is 0. The van der Waals surface area contributed by atoms with Crippen LogP contribution >= 0.6 is 0 Å². The molecule has 3 aromatic rings. The normalized spacial score (nSPS) is 11.9. The second-order valence-corrected chi connectivity index (χ2v) is 7.82. The van der Waals surface area contributed by atoms with Crippen LogP contribution in [0.3, 0.4) is 0 Å². The molecule has 2 amide bonds. The molecule has 0 spiro atoms. The fraction of sp³-hybridized carbons (Fsp3) is 0.292. The standard InChI is InChI=1S/C24H26N2O5/c1-14(2)22(26-24(29)25-18-8-6-5-7-9-18)23(28)30-13-17-12-21(27)31-20-11-16(4)15(3)10-19(17)20/h5-12,14,22H,13H2,1-4H3,(H2,25,26,29)/t22-/m0/s1. The van der Waals surface area contributed by atoms with Gasteiger partial charge in [-0.2, -0.15) is 0 Å². The van der Waals surface area contributed by atoms with Gasteiger partial charge in [-0.15, -0.1) is 0 Å². The number of amides is 2. The van der Waals surface area contributed by atoms with Crippen LogP contribution in [0.2, 0.25) is 0 Å². The molecular weight excluding hydrogens is 396 g/mol. The van der Waals surface area contributed by atoms with Crippen LogP contribution < -0.4 is 16.3 Å². The molecule has 0 aliphatic rings. The predicted octanol–water partition coefficient (Wildman–Crippen LogP) is 4.30. The monoisotopic (exact) mass is 422 g/mol. The Hall–Kier alpha value is -3.61. The number of hydrogen-bond donors (Lipinski definition) is 2. The van der Waals surface area contributed by atoms with Gasteiger partial charge < -0.3 is 19.8 Å². The highest BCUT2D eigenvalue weighted by Gasteiger charge is 2.26. The maximum absolute atomic E-state index is 12.7. The number of esters is 1. The molecule has 0 bridgehead atoms. The SMILES string of the molecule is Cc1cc2oc(=O)cc(COC(=O)[C@@H](NC(=O)Nc3ccccc3)C(C)C)c2cc1C. The van der Waals surface area contributed by atoms with Gasteiger partial charge in [-0.1, -0.05) is 32.0 Å².